The molecule has 0 bridgehead atoms. The lowest BCUT2D eigenvalue weighted by molar-refractivity contribution is -0.146. The van der Waals surface area contributed by atoms with Crippen LogP contribution in [0.3, 0.4) is 0 Å². The number of aliphatic hydroxyl groups excluding tert-OH is 1. The molecule has 4 N–H and O–H groups in total. The lowest BCUT2D eigenvalue weighted by Gasteiger charge is -2.14. The molecule has 0 unspecified atom stereocenters. The van der Waals surface area contributed by atoms with E-state index < -0.39 is 18.2 Å². The number of nitrogens with one attached hydrogen (secondary N) is 2. The van der Waals surface area contributed by atoms with Crippen molar-refractivity contribution < 1.29 is 29.3 Å². The predicted molar refractivity (Wildman–Crippen MR) is 118 cm³/mol. The Morgan fingerprint density at radius 3 is 2.16 bits per heavy atom. The second-order valence-electron chi connectivity index (χ2n) is 7.72. The van der Waals surface area contributed by atoms with Gasteiger partial charge >= 0.3 is 12.1 Å². The third-order valence-electron chi connectivity index (χ3n) is 5.47. The number of amides is 2. The Kier molecular flexibility index (Phi) is 8.21. The molecule has 0 spiro atoms. The number of alkyl carbamates (subject to hydrolysis) is 1. The van der Waals surface area contributed by atoms with Crippen LogP contribution in [0.15, 0.2) is 48.5 Å². The number of unbranched alkanes of at least 4 members (excludes halogenated alkanes) is 2. The number of ether oxygens (including phenoxy) is 1. The molecular weight excluding hydrogens is 412 g/mol. The van der Waals surface area contributed by atoms with E-state index >= 15 is 0 Å². The Morgan fingerprint density at radius 2 is 1.53 bits per heavy atom. The van der Waals surface area contributed by atoms with Crippen LogP contribution >= 0.6 is 0 Å². The highest BCUT2D eigenvalue weighted by Gasteiger charge is 2.28. The van der Waals surface area contributed by atoms with Gasteiger partial charge in [0, 0.05) is 18.9 Å². The zero-order valence-electron chi connectivity index (χ0n) is 17.8. The summed E-state index contributed by atoms with van der Waals surface area (Å²) in [5.41, 5.74) is 4.68. The van der Waals surface area contributed by atoms with Crippen molar-refractivity contribution in [3.05, 3.63) is 59.7 Å². The molecule has 170 valence electrons. The van der Waals surface area contributed by atoms with E-state index in [1.165, 1.54) is 11.1 Å². The summed E-state index contributed by atoms with van der Waals surface area (Å²) in [4.78, 5) is 34.2. The second-order valence-corrected chi connectivity index (χ2v) is 7.72. The molecule has 0 fully saturated rings. The van der Waals surface area contributed by atoms with E-state index in [1.54, 1.807) is 0 Å². The summed E-state index contributed by atoms with van der Waals surface area (Å²) in [7, 11) is 0. The standard InChI is InChI=1S/C24H28N2O6/c27-21(23(29)30)14-26-22(28)12-2-1-7-13-25-24(31)32-15-20-18-10-5-3-8-16(18)17-9-4-6-11-19(17)20/h3-6,8-11,20-21,27H,1-2,7,12-15H2,(H,25,31)(H,26,28)(H,29,30)/t21-/m0/s1. The van der Waals surface area contributed by atoms with E-state index in [2.05, 4.69) is 34.9 Å². The third kappa shape index (κ3) is 6.07. The highest BCUT2D eigenvalue weighted by atomic mass is 16.5. The molecule has 0 heterocycles. The van der Waals surface area contributed by atoms with E-state index in [-0.39, 0.29) is 31.4 Å². The molecule has 2 aromatic rings. The molecule has 2 aromatic carbocycles. The number of carbonyl (C=O) groups is 3. The van der Waals surface area contributed by atoms with Crippen molar-refractivity contribution in [1.29, 1.82) is 0 Å². The topological polar surface area (TPSA) is 125 Å². The number of hydrogen-bond acceptors (Lipinski definition) is 5. The minimum absolute atomic E-state index is 0.0197. The van der Waals surface area contributed by atoms with E-state index in [0.717, 1.165) is 17.5 Å². The maximum atomic E-state index is 12.1. The molecule has 1 atom stereocenters. The Morgan fingerprint density at radius 1 is 0.906 bits per heavy atom. The fraction of sp³-hybridized carbons (Fsp3) is 0.375. The van der Waals surface area contributed by atoms with Crippen molar-refractivity contribution in [3.63, 3.8) is 0 Å². The van der Waals surface area contributed by atoms with Crippen molar-refractivity contribution in [2.24, 2.45) is 0 Å². The third-order valence-corrected chi connectivity index (χ3v) is 5.47. The van der Waals surface area contributed by atoms with Gasteiger partial charge in [-0.2, -0.15) is 0 Å². The van der Waals surface area contributed by atoms with Gasteiger partial charge < -0.3 is 25.6 Å². The highest BCUT2D eigenvalue weighted by Crippen LogP contribution is 2.44. The summed E-state index contributed by atoms with van der Waals surface area (Å²) in [6.45, 7) is 0.399. The molecule has 1 aliphatic carbocycles. The number of benzene rings is 2. The molecule has 8 nitrogen and oxygen atoms in total. The molecule has 0 aromatic heterocycles. The summed E-state index contributed by atoms with van der Waals surface area (Å²) in [5, 5.41) is 22.8. The number of hydrogen-bond donors (Lipinski definition) is 4. The minimum Gasteiger partial charge on any atom is -0.479 e. The average molecular weight is 440 g/mol. The summed E-state index contributed by atoms with van der Waals surface area (Å²) in [6.07, 6.45) is 0.180. The van der Waals surface area contributed by atoms with Crippen molar-refractivity contribution >= 4 is 18.0 Å². The maximum Gasteiger partial charge on any atom is 0.407 e. The van der Waals surface area contributed by atoms with Gasteiger partial charge in [-0.15, -0.1) is 0 Å². The highest BCUT2D eigenvalue weighted by molar-refractivity contribution is 5.79. The number of fused-ring (bicyclic) bond motifs is 3. The monoisotopic (exact) mass is 440 g/mol. The van der Waals surface area contributed by atoms with Gasteiger partial charge in [-0.05, 0) is 35.1 Å². The number of carbonyl (C=O) groups excluding carboxylic acids is 2. The molecular formula is C24H28N2O6. The van der Waals surface area contributed by atoms with Gasteiger partial charge in [-0.25, -0.2) is 9.59 Å². The van der Waals surface area contributed by atoms with Crippen LogP contribution in [-0.2, 0) is 14.3 Å². The molecule has 2 amide bonds. The van der Waals surface area contributed by atoms with Crippen LogP contribution in [0.5, 0.6) is 0 Å². The molecule has 32 heavy (non-hydrogen) atoms. The number of rotatable bonds is 11. The first kappa shape index (κ1) is 23.3. The van der Waals surface area contributed by atoms with Crippen LogP contribution in [0.2, 0.25) is 0 Å². The summed E-state index contributed by atoms with van der Waals surface area (Å²) in [5.74, 6) is -1.66. The van der Waals surface area contributed by atoms with Gasteiger partial charge in [0.2, 0.25) is 5.91 Å². The van der Waals surface area contributed by atoms with E-state index in [1.807, 2.05) is 24.3 Å². The number of aliphatic carboxylic acids is 1. The van der Waals surface area contributed by atoms with Crippen molar-refractivity contribution in [1.82, 2.24) is 10.6 Å². The largest absolute Gasteiger partial charge is 0.479 e. The number of carboxylic acids is 1. The second kappa shape index (κ2) is 11.3. The molecule has 3 rings (SSSR count). The molecule has 0 saturated carbocycles. The van der Waals surface area contributed by atoms with Gasteiger partial charge in [-0.1, -0.05) is 55.0 Å². The van der Waals surface area contributed by atoms with Gasteiger partial charge in [0.25, 0.3) is 0 Å². The molecule has 8 heteroatoms. The zero-order valence-corrected chi connectivity index (χ0v) is 17.8. The first-order chi connectivity index (χ1) is 15.5. The first-order valence-electron chi connectivity index (χ1n) is 10.7. The Balaban J connectivity index is 1.32. The smallest absolute Gasteiger partial charge is 0.407 e. The lowest BCUT2D eigenvalue weighted by Crippen LogP contribution is -2.36. The molecule has 1 aliphatic rings. The van der Waals surface area contributed by atoms with Gasteiger partial charge in [0.05, 0.1) is 6.54 Å². The summed E-state index contributed by atoms with van der Waals surface area (Å²) < 4.78 is 5.47. The first-order valence-corrected chi connectivity index (χ1v) is 10.7. The van der Waals surface area contributed by atoms with Crippen molar-refractivity contribution in [2.45, 2.75) is 37.7 Å². The number of aliphatic hydroxyl groups is 1. The Hall–Kier alpha value is -3.39. The van der Waals surface area contributed by atoms with Crippen molar-refractivity contribution in [3.8, 4) is 11.1 Å². The fourth-order valence-electron chi connectivity index (χ4n) is 3.81. The maximum absolute atomic E-state index is 12.1. The van der Waals surface area contributed by atoms with E-state index in [0.29, 0.717) is 19.4 Å². The van der Waals surface area contributed by atoms with Gasteiger partial charge in [0.1, 0.15) is 6.61 Å². The van der Waals surface area contributed by atoms with Crippen LogP contribution in [0.1, 0.15) is 42.7 Å². The SMILES string of the molecule is O=C(CCCCCNC(=O)OCC1c2ccccc2-c2ccccc21)NC[C@H](O)C(=O)O. The number of carboxylic acid groups (broad SMARTS) is 1. The molecule has 0 radical (unpaired) electrons. The van der Waals surface area contributed by atoms with E-state index in [9.17, 15) is 14.4 Å². The quantitative estimate of drug-likeness (QED) is 0.398. The van der Waals surface area contributed by atoms with Crippen LogP contribution in [-0.4, -0.2) is 54.0 Å². The normalized spacial score (nSPS) is 13.0. The van der Waals surface area contributed by atoms with Crippen LogP contribution < -0.4 is 10.6 Å². The van der Waals surface area contributed by atoms with Gasteiger partial charge in [0.15, 0.2) is 6.10 Å². The van der Waals surface area contributed by atoms with Crippen molar-refractivity contribution in [2.75, 3.05) is 19.7 Å². The van der Waals surface area contributed by atoms with Crippen LogP contribution in [0.25, 0.3) is 11.1 Å². The van der Waals surface area contributed by atoms with Crippen LogP contribution in [0.4, 0.5) is 4.79 Å². The average Bonchev–Trinajstić information content (AvgIpc) is 3.12. The van der Waals surface area contributed by atoms with E-state index in [4.69, 9.17) is 14.9 Å². The molecule has 0 saturated heterocycles. The zero-order chi connectivity index (χ0) is 22.9. The summed E-state index contributed by atoms with van der Waals surface area (Å²) >= 11 is 0. The minimum atomic E-state index is -1.60. The van der Waals surface area contributed by atoms with Crippen LogP contribution in [0, 0.1) is 0 Å². The predicted octanol–water partition coefficient (Wildman–Crippen LogP) is 2.65. The summed E-state index contributed by atoms with van der Waals surface area (Å²) in [6, 6.07) is 16.3. The van der Waals surface area contributed by atoms with Gasteiger partial charge in [-0.3, -0.25) is 4.79 Å². The molecule has 0 aliphatic heterocycles. The lowest BCUT2D eigenvalue weighted by atomic mass is 9.98. The fourth-order valence-corrected chi connectivity index (χ4v) is 3.81. The Bertz CT molecular complexity index is 916. The Labute approximate surface area is 186 Å².